The van der Waals surface area contributed by atoms with Crippen LogP contribution in [0.15, 0.2) is 42.5 Å². The van der Waals surface area contributed by atoms with Gasteiger partial charge < -0.3 is 29.7 Å². The Kier molecular flexibility index (Phi) is 5.92. The van der Waals surface area contributed by atoms with Crippen LogP contribution in [-0.4, -0.2) is 56.3 Å². The van der Waals surface area contributed by atoms with Crippen LogP contribution < -0.4 is 24.8 Å². The lowest BCUT2D eigenvalue weighted by Gasteiger charge is -2.32. The van der Waals surface area contributed by atoms with Gasteiger partial charge in [0.05, 0.1) is 7.11 Å². The van der Waals surface area contributed by atoms with Crippen LogP contribution in [0.1, 0.15) is 23.2 Å². The van der Waals surface area contributed by atoms with Gasteiger partial charge in [-0.05, 0) is 37.1 Å². The van der Waals surface area contributed by atoms with Crippen LogP contribution >= 0.6 is 0 Å². The first-order valence-electron chi connectivity index (χ1n) is 10.0. The van der Waals surface area contributed by atoms with Crippen LogP contribution in [0.3, 0.4) is 0 Å². The van der Waals surface area contributed by atoms with Crippen molar-refractivity contribution in [1.82, 2.24) is 10.2 Å². The number of methoxy groups -OCH3 is 1. The molecule has 2 aliphatic rings. The lowest BCUT2D eigenvalue weighted by atomic mass is 10.0. The van der Waals surface area contributed by atoms with Crippen LogP contribution in [0.4, 0.5) is 10.5 Å². The maximum atomic E-state index is 12.8. The van der Waals surface area contributed by atoms with E-state index in [2.05, 4.69) is 10.6 Å². The molecule has 158 valence electrons. The summed E-state index contributed by atoms with van der Waals surface area (Å²) in [6.07, 6.45) is 1.38. The molecule has 4 rings (SSSR count). The first kappa shape index (κ1) is 19.9. The van der Waals surface area contributed by atoms with Gasteiger partial charge in [0.1, 0.15) is 13.2 Å². The number of carbonyl (C=O) groups excluding carboxylic acids is 2. The predicted octanol–water partition coefficient (Wildman–Crippen LogP) is 2.89. The number of urea groups is 1. The smallest absolute Gasteiger partial charge is 0.321 e. The molecule has 1 saturated heterocycles. The fourth-order valence-corrected chi connectivity index (χ4v) is 3.62. The molecule has 2 aliphatic heterocycles. The number of amides is 3. The molecule has 0 saturated carbocycles. The van der Waals surface area contributed by atoms with Crippen molar-refractivity contribution in [2.24, 2.45) is 0 Å². The molecule has 2 N–H and O–H groups in total. The van der Waals surface area contributed by atoms with Gasteiger partial charge in [0.15, 0.2) is 11.5 Å². The third-order valence-corrected chi connectivity index (χ3v) is 5.23. The first-order chi connectivity index (χ1) is 14.6. The second-order valence-electron chi connectivity index (χ2n) is 7.23. The van der Waals surface area contributed by atoms with Crippen molar-refractivity contribution >= 4 is 17.6 Å². The van der Waals surface area contributed by atoms with Crippen molar-refractivity contribution in [3.63, 3.8) is 0 Å². The molecule has 2 aromatic carbocycles. The fraction of sp³-hybridized carbons (Fsp3) is 0.364. The van der Waals surface area contributed by atoms with E-state index in [4.69, 9.17) is 14.2 Å². The number of para-hydroxylation sites is 1. The van der Waals surface area contributed by atoms with E-state index >= 15 is 0 Å². The summed E-state index contributed by atoms with van der Waals surface area (Å²) < 4.78 is 16.5. The first-order valence-corrected chi connectivity index (χ1v) is 10.0. The number of hydrogen-bond donors (Lipinski definition) is 2. The number of benzene rings is 2. The number of hydrogen-bond acceptors (Lipinski definition) is 5. The lowest BCUT2D eigenvalue weighted by molar-refractivity contribution is 0.0917. The molecule has 8 heteroatoms. The summed E-state index contributed by atoms with van der Waals surface area (Å²) in [5, 5.41) is 5.95. The molecule has 0 radical (unpaired) electrons. The average molecular weight is 411 g/mol. The van der Waals surface area contributed by atoms with Crippen LogP contribution in [0, 0.1) is 0 Å². The third kappa shape index (κ3) is 4.42. The van der Waals surface area contributed by atoms with Crippen molar-refractivity contribution in [2.45, 2.75) is 18.9 Å². The molecule has 30 heavy (non-hydrogen) atoms. The second-order valence-corrected chi connectivity index (χ2v) is 7.23. The molecular formula is C22H25N3O5. The van der Waals surface area contributed by atoms with Crippen molar-refractivity contribution in [3.8, 4) is 17.2 Å². The number of fused-ring (bicyclic) bond motifs is 1. The number of likely N-dealkylation sites (tertiary alicyclic amines) is 1. The van der Waals surface area contributed by atoms with Crippen LogP contribution in [-0.2, 0) is 0 Å². The normalized spacial score (nSPS) is 16.0. The molecule has 0 unspecified atom stereocenters. The predicted molar refractivity (Wildman–Crippen MR) is 112 cm³/mol. The van der Waals surface area contributed by atoms with E-state index < -0.39 is 0 Å². The lowest BCUT2D eigenvalue weighted by Crippen LogP contribution is -2.47. The highest BCUT2D eigenvalue weighted by atomic mass is 16.6. The van der Waals surface area contributed by atoms with Crippen molar-refractivity contribution in [3.05, 3.63) is 48.0 Å². The molecule has 0 bridgehead atoms. The van der Waals surface area contributed by atoms with E-state index in [0.29, 0.717) is 62.0 Å². The molecule has 2 heterocycles. The summed E-state index contributed by atoms with van der Waals surface area (Å²) in [5.41, 5.74) is 1.23. The average Bonchev–Trinajstić information content (AvgIpc) is 2.79. The van der Waals surface area contributed by atoms with Gasteiger partial charge in [-0.2, -0.15) is 0 Å². The zero-order chi connectivity index (χ0) is 20.9. The summed E-state index contributed by atoms with van der Waals surface area (Å²) in [4.78, 5) is 26.9. The van der Waals surface area contributed by atoms with Crippen molar-refractivity contribution in [1.29, 1.82) is 0 Å². The maximum absolute atomic E-state index is 12.8. The Morgan fingerprint density at radius 2 is 1.80 bits per heavy atom. The molecule has 8 nitrogen and oxygen atoms in total. The van der Waals surface area contributed by atoms with Gasteiger partial charge in [0.2, 0.25) is 5.75 Å². The summed E-state index contributed by atoms with van der Waals surface area (Å²) >= 11 is 0. The number of carbonyl (C=O) groups is 2. The van der Waals surface area contributed by atoms with E-state index in [-0.39, 0.29) is 18.0 Å². The minimum absolute atomic E-state index is 0.00234. The van der Waals surface area contributed by atoms with Crippen LogP contribution in [0.2, 0.25) is 0 Å². The zero-order valence-corrected chi connectivity index (χ0v) is 16.8. The minimum atomic E-state index is -0.197. The zero-order valence-electron chi connectivity index (χ0n) is 16.8. The summed E-state index contributed by atoms with van der Waals surface area (Å²) in [7, 11) is 1.53. The summed E-state index contributed by atoms with van der Waals surface area (Å²) in [5.74, 6) is 1.32. The van der Waals surface area contributed by atoms with E-state index in [1.54, 1.807) is 17.0 Å². The molecule has 3 amide bonds. The Morgan fingerprint density at radius 1 is 1.07 bits per heavy atom. The molecular weight excluding hydrogens is 386 g/mol. The van der Waals surface area contributed by atoms with Crippen LogP contribution in [0.5, 0.6) is 17.2 Å². The number of nitrogens with one attached hydrogen (secondary N) is 2. The van der Waals surface area contributed by atoms with Crippen molar-refractivity contribution < 1.29 is 23.8 Å². The highest BCUT2D eigenvalue weighted by molar-refractivity contribution is 5.96. The number of ether oxygens (including phenoxy) is 3. The van der Waals surface area contributed by atoms with Gasteiger partial charge in [0.25, 0.3) is 5.91 Å². The summed E-state index contributed by atoms with van der Waals surface area (Å²) in [6, 6.07) is 12.6. The number of nitrogens with zero attached hydrogens (tertiary/aromatic N) is 1. The molecule has 1 fully saturated rings. The fourth-order valence-electron chi connectivity index (χ4n) is 3.62. The number of rotatable bonds is 4. The van der Waals surface area contributed by atoms with Gasteiger partial charge in [-0.15, -0.1) is 0 Å². The molecule has 0 aromatic heterocycles. The molecule has 0 spiro atoms. The quantitative estimate of drug-likeness (QED) is 0.808. The Bertz CT molecular complexity index is 893. The van der Waals surface area contributed by atoms with E-state index in [1.165, 1.54) is 7.11 Å². The standard InChI is InChI=1S/C22H25N3O5/c1-28-18-13-15(14-19-20(18)30-12-11-29-19)21(26)23-17-7-9-25(10-8-17)22(27)24-16-5-3-2-4-6-16/h2-6,13-14,17H,7-12H2,1H3,(H,23,26)(H,24,27). The third-order valence-electron chi connectivity index (χ3n) is 5.23. The monoisotopic (exact) mass is 411 g/mol. The summed E-state index contributed by atoms with van der Waals surface area (Å²) in [6.45, 7) is 2.04. The van der Waals surface area contributed by atoms with E-state index in [1.807, 2.05) is 30.3 Å². The molecule has 0 atom stereocenters. The van der Waals surface area contributed by atoms with Crippen molar-refractivity contribution in [2.75, 3.05) is 38.7 Å². The second kappa shape index (κ2) is 8.94. The SMILES string of the molecule is COc1cc(C(=O)NC2CCN(C(=O)Nc3ccccc3)CC2)cc2c1OCCO2. The Morgan fingerprint density at radius 3 is 2.53 bits per heavy atom. The van der Waals surface area contributed by atoms with Crippen LogP contribution in [0.25, 0.3) is 0 Å². The molecule has 0 aliphatic carbocycles. The van der Waals surface area contributed by atoms with Gasteiger partial charge in [-0.1, -0.05) is 18.2 Å². The van der Waals surface area contributed by atoms with E-state index in [9.17, 15) is 9.59 Å². The van der Waals surface area contributed by atoms with E-state index in [0.717, 1.165) is 5.69 Å². The van der Waals surface area contributed by atoms with Gasteiger partial charge in [0, 0.05) is 30.4 Å². The Labute approximate surface area is 175 Å². The van der Waals surface area contributed by atoms with Gasteiger partial charge in [-0.3, -0.25) is 4.79 Å². The van der Waals surface area contributed by atoms with Gasteiger partial charge >= 0.3 is 6.03 Å². The molecule has 2 aromatic rings. The largest absolute Gasteiger partial charge is 0.493 e. The van der Waals surface area contributed by atoms with Gasteiger partial charge in [-0.25, -0.2) is 4.79 Å². The highest BCUT2D eigenvalue weighted by Crippen LogP contribution is 2.40. The highest BCUT2D eigenvalue weighted by Gasteiger charge is 2.26. The number of piperidine rings is 1. The Balaban J connectivity index is 1.33. The topological polar surface area (TPSA) is 89.1 Å². The Hall–Kier alpha value is -3.42. The number of anilines is 1. The maximum Gasteiger partial charge on any atom is 0.321 e. The minimum Gasteiger partial charge on any atom is -0.493 e.